The van der Waals surface area contributed by atoms with E-state index in [0.29, 0.717) is 0 Å². The second kappa shape index (κ2) is 3.19. The Morgan fingerprint density at radius 2 is 1.92 bits per heavy atom. The molecule has 2 aliphatic heterocycles. The second-order valence-corrected chi connectivity index (χ2v) is 7.86. The van der Waals surface area contributed by atoms with Gasteiger partial charge in [0, 0.05) is 8.96 Å². The predicted molar refractivity (Wildman–Crippen MR) is 63.3 cm³/mol. The molecule has 0 unspecified atom stereocenters. The molecular weight excluding hydrogens is 420 g/mol. The van der Waals surface area contributed by atoms with Crippen molar-refractivity contribution in [2.24, 2.45) is 0 Å². The number of halogens is 4. The zero-order valence-electron chi connectivity index (χ0n) is 5.73. The van der Waals surface area contributed by atoms with Crippen LogP contribution >= 0.6 is 63.7 Å². The van der Waals surface area contributed by atoms with Crippen LogP contribution in [-0.2, 0) is 4.74 Å². The molecule has 0 N–H and O–H groups in total. The normalized spacial score (nSPS) is 37.7. The van der Waals surface area contributed by atoms with Crippen LogP contribution in [0.25, 0.3) is 0 Å². The molecule has 1 nitrogen and oxygen atoms in total. The van der Waals surface area contributed by atoms with Gasteiger partial charge in [0.1, 0.15) is 15.4 Å². The van der Waals surface area contributed by atoms with Gasteiger partial charge in [0.2, 0.25) is 0 Å². The Kier molecular flexibility index (Phi) is 2.63. The van der Waals surface area contributed by atoms with Crippen molar-refractivity contribution in [1.82, 2.24) is 0 Å². The molecule has 0 saturated carbocycles. The summed E-state index contributed by atoms with van der Waals surface area (Å²) in [5.41, 5.74) is 0. The molecule has 0 amide bonds. The molecule has 0 spiro atoms. The molecule has 0 saturated heterocycles. The highest BCUT2D eigenvalue weighted by atomic mass is 79.9. The quantitative estimate of drug-likeness (QED) is 0.425. The monoisotopic (exact) mass is 420 g/mol. The van der Waals surface area contributed by atoms with Crippen molar-refractivity contribution in [2.75, 3.05) is 0 Å². The van der Waals surface area contributed by atoms with Crippen LogP contribution in [0, 0.1) is 0 Å². The number of alkyl halides is 2. The van der Waals surface area contributed by atoms with E-state index in [2.05, 4.69) is 63.7 Å². The Bertz CT molecular complexity index is 281. The molecule has 2 rings (SSSR count). The van der Waals surface area contributed by atoms with Gasteiger partial charge in [-0.15, -0.1) is 0 Å². The highest BCUT2D eigenvalue weighted by Gasteiger charge is 2.46. The first-order valence-corrected chi connectivity index (χ1v) is 6.48. The second-order valence-electron chi connectivity index (χ2n) is 2.65. The van der Waals surface area contributed by atoms with Gasteiger partial charge in [-0.2, -0.15) is 0 Å². The van der Waals surface area contributed by atoms with Gasteiger partial charge in [-0.3, -0.25) is 0 Å². The molecular formula is C7H4Br4O. The largest absolute Gasteiger partial charge is 0.359 e. The number of ether oxygens (including phenoxy) is 1. The van der Waals surface area contributed by atoms with Gasteiger partial charge >= 0.3 is 0 Å². The number of rotatable bonds is 0. The van der Waals surface area contributed by atoms with Crippen molar-refractivity contribution in [2.45, 2.75) is 15.4 Å². The van der Waals surface area contributed by atoms with Crippen LogP contribution in [0.5, 0.6) is 0 Å². The van der Waals surface area contributed by atoms with Crippen molar-refractivity contribution >= 4 is 63.7 Å². The lowest BCUT2D eigenvalue weighted by Gasteiger charge is -2.33. The number of hydrogen-bond donors (Lipinski definition) is 0. The van der Waals surface area contributed by atoms with E-state index in [-0.39, 0.29) is 15.4 Å². The predicted octanol–water partition coefficient (Wildman–Crippen LogP) is 3.81. The Morgan fingerprint density at radius 3 is 2.58 bits per heavy atom. The lowest BCUT2D eigenvalue weighted by molar-refractivity contribution is 0.0773. The Labute approximate surface area is 104 Å². The first-order chi connectivity index (χ1) is 5.53. The lowest BCUT2D eigenvalue weighted by Crippen LogP contribution is -2.36. The molecule has 2 heterocycles. The Morgan fingerprint density at radius 1 is 1.25 bits per heavy atom. The van der Waals surface area contributed by atoms with E-state index in [1.807, 2.05) is 12.2 Å². The SMILES string of the molecule is BrC1=C(Br)C(Br)(Br)[C@H]2C=C[C@@H]1O2. The standard InChI is InChI=1S/C7H4Br4O/c8-5-3-1-2-4(12-3)7(10,11)6(5)9/h1-4H/t3-,4+/m0/s1. The minimum Gasteiger partial charge on any atom is -0.359 e. The van der Waals surface area contributed by atoms with Gasteiger partial charge in [0.25, 0.3) is 0 Å². The molecule has 2 atom stereocenters. The van der Waals surface area contributed by atoms with Gasteiger partial charge < -0.3 is 4.74 Å². The third-order valence-corrected chi connectivity index (χ3v) is 7.06. The van der Waals surface area contributed by atoms with Crippen molar-refractivity contribution in [1.29, 1.82) is 0 Å². The van der Waals surface area contributed by atoms with Gasteiger partial charge in [-0.05, 0) is 0 Å². The summed E-state index contributed by atoms with van der Waals surface area (Å²) in [7, 11) is 0. The Hall–Kier alpha value is 1.36. The van der Waals surface area contributed by atoms with Gasteiger partial charge in [0.05, 0.1) is 0 Å². The molecule has 2 bridgehead atoms. The molecule has 0 fully saturated rings. The third kappa shape index (κ3) is 1.32. The van der Waals surface area contributed by atoms with E-state index in [1.165, 1.54) is 0 Å². The van der Waals surface area contributed by atoms with Crippen LogP contribution in [0.1, 0.15) is 0 Å². The zero-order chi connectivity index (χ0) is 8.93. The fraction of sp³-hybridized carbons (Fsp3) is 0.429. The maximum absolute atomic E-state index is 5.66. The Balaban J connectivity index is 2.51. The molecule has 0 aliphatic carbocycles. The first-order valence-electron chi connectivity index (χ1n) is 3.30. The van der Waals surface area contributed by atoms with Crippen molar-refractivity contribution in [3.63, 3.8) is 0 Å². The molecule has 12 heavy (non-hydrogen) atoms. The van der Waals surface area contributed by atoms with E-state index >= 15 is 0 Å². The van der Waals surface area contributed by atoms with Gasteiger partial charge in [-0.1, -0.05) is 75.9 Å². The minimum atomic E-state index is -0.317. The topological polar surface area (TPSA) is 9.23 Å². The van der Waals surface area contributed by atoms with Crippen molar-refractivity contribution in [3.8, 4) is 0 Å². The molecule has 5 heteroatoms. The summed E-state index contributed by atoms with van der Waals surface area (Å²) in [5, 5.41) is 0. The van der Waals surface area contributed by atoms with Crippen LogP contribution in [0.3, 0.4) is 0 Å². The molecule has 66 valence electrons. The van der Waals surface area contributed by atoms with E-state index in [0.717, 1.165) is 8.96 Å². The number of hydrogen-bond acceptors (Lipinski definition) is 1. The molecule has 0 aromatic heterocycles. The van der Waals surface area contributed by atoms with Crippen LogP contribution in [0.4, 0.5) is 0 Å². The summed E-state index contributed by atoms with van der Waals surface area (Å²) in [4.78, 5) is 0. The van der Waals surface area contributed by atoms with Crippen LogP contribution in [0.15, 0.2) is 21.1 Å². The highest BCUT2D eigenvalue weighted by molar-refractivity contribution is 9.26. The smallest absolute Gasteiger partial charge is 0.142 e. The average Bonchev–Trinajstić information content (AvgIpc) is 2.46. The summed E-state index contributed by atoms with van der Waals surface area (Å²) in [6.07, 6.45) is 4.22. The first kappa shape index (κ1) is 9.90. The molecule has 2 aliphatic rings. The zero-order valence-corrected chi connectivity index (χ0v) is 12.1. The van der Waals surface area contributed by atoms with E-state index < -0.39 is 0 Å². The molecule has 0 radical (unpaired) electrons. The summed E-state index contributed by atoms with van der Waals surface area (Å²) in [6, 6.07) is 0. The van der Waals surface area contributed by atoms with Crippen LogP contribution < -0.4 is 0 Å². The summed E-state index contributed by atoms with van der Waals surface area (Å²) < 4.78 is 7.42. The van der Waals surface area contributed by atoms with E-state index in [1.54, 1.807) is 0 Å². The number of fused-ring (bicyclic) bond motifs is 2. The van der Waals surface area contributed by atoms with E-state index in [4.69, 9.17) is 4.74 Å². The fourth-order valence-corrected chi connectivity index (χ4v) is 3.71. The highest BCUT2D eigenvalue weighted by Crippen LogP contribution is 2.52. The minimum absolute atomic E-state index is 0.0539. The third-order valence-electron chi connectivity index (χ3n) is 1.86. The summed E-state index contributed by atoms with van der Waals surface area (Å²) in [5.74, 6) is 0. The van der Waals surface area contributed by atoms with Crippen LogP contribution in [0.2, 0.25) is 0 Å². The van der Waals surface area contributed by atoms with E-state index in [9.17, 15) is 0 Å². The summed E-state index contributed by atoms with van der Waals surface area (Å²) in [6.45, 7) is 0. The lowest BCUT2D eigenvalue weighted by atomic mass is 10.2. The maximum Gasteiger partial charge on any atom is 0.142 e. The average molecular weight is 424 g/mol. The summed E-state index contributed by atoms with van der Waals surface area (Å²) >= 11 is 14.1. The van der Waals surface area contributed by atoms with Crippen LogP contribution in [-0.4, -0.2) is 15.4 Å². The van der Waals surface area contributed by atoms with Crippen molar-refractivity contribution in [3.05, 3.63) is 21.1 Å². The molecule has 0 aromatic rings. The maximum atomic E-state index is 5.66. The van der Waals surface area contributed by atoms with Gasteiger partial charge in [0.15, 0.2) is 0 Å². The fourth-order valence-electron chi connectivity index (χ4n) is 1.21. The van der Waals surface area contributed by atoms with Gasteiger partial charge in [-0.25, -0.2) is 0 Å². The van der Waals surface area contributed by atoms with Crippen molar-refractivity contribution < 1.29 is 4.74 Å². The molecule has 0 aromatic carbocycles.